The fourth-order valence-electron chi connectivity index (χ4n) is 2.62. The fraction of sp³-hybridized carbons (Fsp3) is 0.294. The summed E-state index contributed by atoms with van der Waals surface area (Å²) in [5, 5.41) is 1.13. The van der Waals surface area contributed by atoms with Gasteiger partial charge in [0.15, 0.2) is 0 Å². The highest BCUT2D eigenvalue weighted by Gasteiger charge is 2.25. The maximum absolute atomic E-state index is 6.18. The lowest BCUT2D eigenvalue weighted by Crippen LogP contribution is -2.20. The van der Waals surface area contributed by atoms with Crippen molar-refractivity contribution in [1.82, 2.24) is 0 Å². The van der Waals surface area contributed by atoms with Crippen LogP contribution in [0, 0.1) is 0 Å². The third kappa shape index (κ3) is 3.35. The van der Waals surface area contributed by atoms with Crippen molar-refractivity contribution >= 4 is 23.2 Å². The first-order chi connectivity index (χ1) is 9.50. The topological polar surface area (TPSA) is 26.0 Å². The first kappa shape index (κ1) is 15.4. The van der Waals surface area contributed by atoms with E-state index in [2.05, 4.69) is 24.8 Å². The second kappa shape index (κ2) is 6.62. The van der Waals surface area contributed by atoms with Gasteiger partial charge in [-0.1, -0.05) is 60.1 Å². The van der Waals surface area contributed by atoms with Gasteiger partial charge in [0, 0.05) is 17.0 Å². The lowest BCUT2D eigenvalue weighted by Gasteiger charge is -2.30. The van der Waals surface area contributed by atoms with Gasteiger partial charge in [-0.25, -0.2) is 0 Å². The van der Waals surface area contributed by atoms with Crippen LogP contribution in [-0.4, -0.2) is 0 Å². The minimum Gasteiger partial charge on any atom is -0.324 e. The summed E-state index contributed by atoms with van der Waals surface area (Å²) in [5.74, 6) is 0.308. The van der Waals surface area contributed by atoms with E-state index in [1.54, 1.807) is 6.92 Å². The molecule has 106 valence electrons. The van der Waals surface area contributed by atoms with Gasteiger partial charge in [-0.05, 0) is 42.5 Å². The monoisotopic (exact) mass is 307 g/mol. The Hall–Kier alpha value is -1.02. The largest absolute Gasteiger partial charge is 0.324 e. The molecule has 2 N–H and O–H groups in total. The molecule has 1 aromatic rings. The van der Waals surface area contributed by atoms with Crippen LogP contribution >= 0.6 is 23.2 Å². The predicted molar refractivity (Wildman–Crippen MR) is 88.0 cm³/mol. The molecule has 0 fully saturated rings. The van der Waals surface area contributed by atoms with Gasteiger partial charge in [0.1, 0.15) is 0 Å². The van der Waals surface area contributed by atoms with E-state index in [1.807, 2.05) is 18.2 Å². The lowest BCUT2D eigenvalue weighted by atomic mass is 9.77. The summed E-state index contributed by atoms with van der Waals surface area (Å²) in [4.78, 5) is 0. The summed E-state index contributed by atoms with van der Waals surface area (Å²) in [6.45, 7) is 5.95. The maximum atomic E-state index is 6.18. The third-order valence-corrected chi connectivity index (χ3v) is 4.47. The molecule has 0 amide bonds. The normalized spacial score (nSPS) is 23.4. The zero-order valence-electron chi connectivity index (χ0n) is 11.6. The van der Waals surface area contributed by atoms with Gasteiger partial charge < -0.3 is 5.73 Å². The molecule has 0 unspecified atom stereocenters. The number of hydrogen-bond donors (Lipinski definition) is 1. The van der Waals surface area contributed by atoms with Crippen molar-refractivity contribution < 1.29 is 0 Å². The smallest absolute Gasteiger partial charge is 0.0548 e. The molecule has 0 aliphatic heterocycles. The van der Waals surface area contributed by atoms with Gasteiger partial charge in [-0.15, -0.1) is 0 Å². The molecule has 1 nitrogen and oxygen atoms in total. The summed E-state index contributed by atoms with van der Waals surface area (Å²) in [7, 11) is 0. The van der Waals surface area contributed by atoms with E-state index in [-0.39, 0.29) is 6.04 Å². The van der Waals surface area contributed by atoms with Gasteiger partial charge in [-0.3, -0.25) is 0 Å². The van der Waals surface area contributed by atoms with Crippen LogP contribution in [0.2, 0.25) is 0 Å². The van der Waals surface area contributed by atoms with Crippen LogP contribution in [0.4, 0.5) is 0 Å². The van der Waals surface area contributed by atoms with Crippen molar-refractivity contribution in [3.8, 4) is 0 Å². The number of nitrogens with two attached hydrogens (primary N) is 1. The Kier molecular flexibility index (Phi) is 5.09. The molecule has 1 aliphatic carbocycles. The van der Waals surface area contributed by atoms with Crippen molar-refractivity contribution in [3.63, 3.8) is 0 Å². The van der Waals surface area contributed by atoms with E-state index in [9.17, 15) is 0 Å². The van der Waals surface area contributed by atoms with Gasteiger partial charge in [-0.2, -0.15) is 0 Å². The van der Waals surface area contributed by atoms with E-state index in [1.165, 1.54) is 11.1 Å². The second-order valence-corrected chi connectivity index (χ2v) is 6.13. The van der Waals surface area contributed by atoms with Crippen LogP contribution in [0.5, 0.6) is 0 Å². The average Bonchev–Trinajstić information content (AvgIpc) is 2.45. The maximum Gasteiger partial charge on any atom is 0.0548 e. The number of hydrogen-bond acceptors (Lipinski definition) is 1. The molecule has 20 heavy (non-hydrogen) atoms. The van der Waals surface area contributed by atoms with E-state index in [4.69, 9.17) is 28.9 Å². The minimum absolute atomic E-state index is 0.132. The van der Waals surface area contributed by atoms with Crippen molar-refractivity contribution in [2.75, 3.05) is 0 Å². The molecule has 0 spiro atoms. The zero-order valence-corrected chi connectivity index (χ0v) is 13.1. The summed E-state index contributed by atoms with van der Waals surface area (Å²) in [6, 6.07) is 8.47. The first-order valence-electron chi connectivity index (χ1n) is 6.74. The third-order valence-electron chi connectivity index (χ3n) is 3.76. The molecule has 0 heterocycles. The molecular weight excluding hydrogens is 289 g/mol. The van der Waals surface area contributed by atoms with Crippen LogP contribution in [0.15, 0.2) is 58.6 Å². The van der Waals surface area contributed by atoms with Crippen molar-refractivity contribution in [3.05, 3.63) is 69.8 Å². The highest BCUT2D eigenvalue weighted by atomic mass is 35.5. The quantitative estimate of drug-likeness (QED) is 0.745. The van der Waals surface area contributed by atoms with Crippen molar-refractivity contribution in [2.45, 2.75) is 31.7 Å². The molecule has 2 atom stereocenters. The Morgan fingerprint density at radius 3 is 2.50 bits per heavy atom. The predicted octanol–water partition coefficient (Wildman–Crippen LogP) is 5.39. The van der Waals surface area contributed by atoms with Crippen LogP contribution in [0.1, 0.15) is 42.9 Å². The summed E-state index contributed by atoms with van der Waals surface area (Å²) >= 11 is 11.9. The molecule has 1 aromatic carbocycles. The molecule has 1 aliphatic rings. The van der Waals surface area contributed by atoms with Crippen LogP contribution in [-0.2, 0) is 0 Å². The van der Waals surface area contributed by atoms with Crippen molar-refractivity contribution in [1.29, 1.82) is 0 Å². The van der Waals surface area contributed by atoms with Gasteiger partial charge >= 0.3 is 0 Å². The minimum atomic E-state index is 0.132. The summed E-state index contributed by atoms with van der Waals surface area (Å²) < 4.78 is 0. The Morgan fingerprint density at radius 1 is 1.20 bits per heavy atom. The highest BCUT2D eigenvalue weighted by molar-refractivity contribution is 6.39. The molecule has 2 rings (SSSR count). The Morgan fingerprint density at radius 2 is 1.85 bits per heavy atom. The van der Waals surface area contributed by atoms with Crippen molar-refractivity contribution in [2.24, 2.45) is 5.73 Å². The Labute approximate surface area is 130 Å². The molecular formula is C17H19Cl2N. The molecule has 0 aromatic heterocycles. The lowest BCUT2D eigenvalue weighted by molar-refractivity contribution is 0.530. The Bertz CT molecular complexity index is 568. The zero-order chi connectivity index (χ0) is 14.7. The molecule has 0 bridgehead atoms. The summed E-state index contributed by atoms with van der Waals surface area (Å²) in [5.41, 5.74) is 9.73. The van der Waals surface area contributed by atoms with Gasteiger partial charge in [0.05, 0.1) is 5.03 Å². The number of halogens is 2. The number of allylic oxidation sites excluding steroid dienone is 5. The van der Waals surface area contributed by atoms with Crippen LogP contribution in [0.25, 0.3) is 0 Å². The van der Waals surface area contributed by atoms with E-state index < -0.39 is 0 Å². The number of benzene rings is 1. The average molecular weight is 308 g/mol. The fourth-order valence-corrected chi connectivity index (χ4v) is 2.75. The highest BCUT2D eigenvalue weighted by Crippen LogP contribution is 2.40. The number of fused-ring (bicyclic) bond motifs is 1. The van der Waals surface area contributed by atoms with E-state index >= 15 is 0 Å². The standard InChI is InChI=1S/C17H19Cl2N/c1-11(7-9-16(19)12(2)18)13-8-10-17(20)15-6-4-3-5-14(13)15/h3-7,9,13,17H,1,8,10,20H2,2H3/b9-7-,16-12-/t13-,17+/m0/s1. The molecule has 0 saturated heterocycles. The first-order valence-corrected chi connectivity index (χ1v) is 7.49. The Balaban J connectivity index is 2.25. The summed E-state index contributed by atoms with van der Waals surface area (Å²) in [6.07, 6.45) is 5.76. The second-order valence-electron chi connectivity index (χ2n) is 5.16. The molecule has 3 heteroatoms. The molecule has 0 saturated carbocycles. The van der Waals surface area contributed by atoms with E-state index in [0.29, 0.717) is 16.0 Å². The van der Waals surface area contributed by atoms with Gasteiger partial charge in [0.25, 0.3) is 0 Å². The molecule has 0 radical (unpaired) electrons. The van der Waals surface area contributed by atoms with Gasteiger partial charge in [0.2, 0.25) is 0 Å². The SMILES string of the molecule is C=C(/C=C\C(Cl)=C(/C)Cl)[C@@H]1CC[C@@H](N)c2ccccc21. The van der Waals surface area contributed by atoms with Crippen LogP contribution in [0.3, 0.4) is 0 Å². The van der Waals surface area contributed by atoms with Crippen LogP contribution < -0.4 is 5.73 Å². The van der Waals surface area contributed by atoms with E-state index in [0.717, 1.165) is 18.4 Å². The number of rotatable bonds is 3.